The van der Waals surface area contributed by atoms with E-state index in [-0.39, 0.29) is 25.8 Å². The highest BCUT2D eigenvalue weighted by Crippen LogP contribution is 2.43. The van der Waals surface area contributed by atoms with Gasteiger partial charge < -0.3 is 18.9 Å². The van der Waals surface area contributed by atoms with Gasteiger partial charge in [-0.15, -0.1) is 0 Å². The third-order valence-electron chi connectivity index (χ3n) is 10.9. The topological polar surface area (TPSA) is 91.3 Å². The number of carbonyl (C=O) groups excluding carboxylic acids is 1. The van der Waals surface area contributed by atoms with E-state index in [9.17, 15) is 14.3 Å². The summed E-state index contributed by atoms with van der Waals surface area (Å²) in [6.45, 7) is 5.38. The maximum atomic E-state index is 12.8. The van der Waals surface area contributed by atoms with E-state index < -0.39 is 13.9 Å². The fourth-order valence-electron chi connectivity index (χ4n) is 6.90. The smallest absolute Gasteiger partial charge is 0.457 e. The van der Waals surface area contributed by atoms with Crippen LogP contribution in [-0.2, 0) is 27.9 Å². The summed E-state index contributed by atoms with van der Waals surface area (Å²) in [5.41, 5.74) is 0. The van der Waals surface area contributed by atoms with Crippen molar-refractivity contribution in [1.82, 2.24) is 0 Å². The second kappa shape index (κ2) is 48.1. The number of likely N-dealkylation sites (N-methyl/N-ethyl adjacent to an activating group) is 1. The lowest BCUT2D eigenvalue weighted by atomic mass is 10.0. The maximum Gasteiger partial charge on any atom is 0.472 e. The van der Waals surface area contributed by atoms with Crippen LogP contribution in [0.3, 0.4) is 0 Å². The SMILES string of the molecule is CC/C=C\C/C=C\C/C=C\C/C=C\C/C=C\CCCCOCC(COP(=O)(O)OCC[N+](C)(C)C)OC(=O)CCCCCCCCCCCCCCC/C=C\C/C=C\CCCCCCC. The van der Waals surface area contributed by atoms with Gasteiger partial charge in [0.05, 0.1) is 34.4 Å². The summed E-state index contributed by atoms with van der Waals surface area (Å²) >= 11 is 0. The van der Waals surface area contributed by atoms with Crippen molar-refractivity contribution in [2.75, 3.05) is 54.1 Å². The van der Waals surface area contributed by atoms with Crippen LogP contribution in [0.25, 0.3) is 0 Å². The van der Waals surface area contributed by atoms with E-state index >= 15 is 0 Å². The van der Waals surface area contributed by atoms with Crippen molar-refractivity contribution in [1.29, 1.82) is 0 Å². The average molecular weight is 931 g/mol. The van der Waals surface area contributed by atoms with Gasteiger partial charge in [0.1, 0.15) is 19.3 Å². The predicted octanol–water partition coefficient (Wildman–Crippen LogP) is 16.4. The summed E-state index contributed by atoms with van der Waals surface area (Å²) in [7, 11) is 1.63. The first kappa shape index (κ1) is 62.7. The Bertz CT molecular complexity index is 1310. The van der Waals surface area contributed by atoms with E-state index in [1.165, 1.54) is 109 Å². The molecule has 65 heavy (non-hydrogen) atoms. The van der Waals surface area contributed by atoms with E-state index in [1.54, 1.807) is 0 Å². The Morgan fingerprint density at radius 3 is 1.34 bits per heavy atom. The molecule has 0 amide bonds. The molecule has 0 heterocycles. The molecule has 0 aromatic rings. The number of hydrogen-bond donors (Lipinski definition) is 1. The number of unbranched alkanes of at least 4 members (excludes halogenated alkanes) is 20. The van der Waals surface area contributed by atoms with Crippen molar-refractivity contribution in [2.24, 2.45) is 0 Å². The quantitative estimate of drug-likeness (QED) is 0.0214. The highest BCUT2D eigenvalue weighted by molar-refractivity contribution is 7.47. The van der Waals surface area contributed by atoms with Gasteiger partial charge in [0.25, 0.3) is 0 Å². The van der Waals surface area contributed by atoms with E-state index in [0.717, 1.165) is 77.0 Å². The summed E-state index contributed by atoms with van der Waals surface area (Å²) in [6, 6.07) is 0. The van der Waals surface area contributed by atoms with Crippen molar-refractivity contribution < 1.29 is 37.3 Å². The number of allylic oxidation sites excluding steroid dienone is 14. The van der Waals surface area contributed by atoms with Gasteiger partial charge in [-0.05, 0) is 89.9 Å². The Morgan fingerprint density at radius 1 is 0.492 bits per heavy atom. The van der Waals surface area contributed by atoms with Crippen LogP contribution < -0.4 is 0 Å². The monoisotopic (exact) mass is 931 g/mol. The maximum absolute atomic E-state index is 12.8. The van der Waals surface area contributed by atoms with Crippen LogP contribution in [0.2, 0.25) is 0 Å². The number of esters is 1. The van der Waals surface area contributed by atoms with Crippen LogP contribution >= 0.6 is 7.82 Å². The molecule has 0 aromatic carbocycles. The second-order valence-electron chi connectivity index (χ2n) is 18.5. The summed E-state index contributed by atoms with van der Waals surface area (Å²) < 4.78 is 35.1. The number of phosphoric ester groups is 1. The van der Waals surface area contributed by atoms with Gasteiger partial charge in [-0.25, -0.2) is 4.57 Å². The fraction of sp³-hybridized carbons (Fsp3) is 0.732. The molecule has 1 N–H and O–H groups in total. The van der Waals surface area contributed by atoms with E-state index in [4.69, 9.17) is 18.5 Å². The third kappa shape index (κ3) is 52.5. The molecule has 9 heteroatoms. The molecule has 0 bridgehead atoms. The Labute approximate surface area is 401 Å². The van der Waals surface area contributed by atoms with E-state index in [2.05, 4.69) is 98.9 Å². The molecule has 0 spiro atoms. The van der Waals surface area contributed by atoms with Crippen LogP contribution in [0, 0.1) is 0 Å². The molecule has 0 aromatic heterocycles. The molecule has 0 rings (SSSR count). The van der Waals surface area contributed by atoms with Crippen molar-refractivity contribution >= 4 is 13.8 Å². The normalized spacial score (nSPS) is 14.2. The van der Waals surface area contributed by atoms with Gasteiger partial charge in [-0.3, -0.25) is 13.8 Å². The van der Waals surface area contributed by atoms with Crippen LogP contribution in [-0.4, -0.2) is 75.6 Å². The van der Waals surface area contributed by atoms with Crippen molar-refractivity contribution in [3.8, 4) is 0 Å². The van der Waals surface area contributed by atoms with E-state index in [0.29, 0.717) is 24.1 Å². The van der Waals surface area contributed by atoms with Crippen LogP contribution in [0.5, 0.6) is 0 Å². The molecule has 8 nitrogen and oxygen atoms in total. The van der Waals surface area contributed by atoms with Gasteiger partial charge in [-0.2, -0.15) is 0 Å². The molecular weight excluding hydrogens is 830 g/mol. The number of hydrogen-bond acceptors (Lipinski definition) is 6. The number of phosphoric acid groups is 1. The van der Waals surface area contributed by atoms with Crippen LogP contribution in [0.4, 0.5) is 0 Å². The number of nitrogens with zero attached hydrogens (tertiary/aromatic N) is 1. The number of quaternary nitrogens is 1. The minimum atomic E-state index is -4.30. The van der Waals surface area contributed by atoms with Crippen LogP contribution in [0.15, 0.2) is 85.1 Å². The summed E-state index contributed by atoms with van der Waals surface area (Å²) in [5, 5.41) is 0. The second-order valence-corrected chi connectivity index (χ2v) is 20.0. The van der Waals surface area contributed by atoms with Gasteiger partial charge in [0.2, 0.25) is 0 Å². The zero-order valence-corrected chi connectivity index (χ0v) is 43.6. The molecule has 2 unspecified atom stereocenters. The molecule has 0 aliphatic heterocycles. The minimum absolute atomic E-state index is 0.0761. The van der Waals surface area contributed by atoms with Gasteiger partial charge in [0, 0.05) is 13.0 Å². The summed E-state index contributed by atoms with van der Waals surface area (Å²) in [6.07, 6.45) is 65.0. The highest BCUT2D eigenvalue weighted by Gasteiger charge is 2.26. The van der Waals surface area contributed by atoms with Gasteiger partial charge >= 0.3 is 13.8 Å². The minimum Gasteiger partial charge on any atom is -0.457 e. The van der Waals surface area contributed by atoms with Crippen molar-refractivity contribution in [3.05, 3.63) is 85.1 Å². The van der Waals surface area contributed by atoms with Gasteiger partial charge in [0.15, 0.2) is 0 Å². The lowest BCUT2D eigenvalue weighted by Gasteiger charge is -2.24. The van der Waals surface area contributed by atoms with Crippen LogP contribution in [0.1, 0.15) is 206 Å². The molecular formula is C56H101NO7P+. The lowest BCUT2D eigenvalue weighted by Crippen LogP contribution is -2.37. The number of ether oxygens (including phenoxy) is 2. The zero-order valence-electron chi connectivity index (χ0n) is 42.7. The first-order valence-corrected chi connectivity index (χ1v) is 27.8. The molecule has 0 fully saturated rings. The van der Waals surface area contributed by atoms with E-state index in [1.807, 2.05) is 21.1 Å². The van der Waals surface area contributed by atoms with Gasteiger partial charge in [-0.1, -0.05) is 195 Å². The standard InChI is InChI=1S/C56H100NO7P/c1-6-8-10-12-14-16-18-20-22-24-26-27-28-29-30-31-32-33-35-37-39-41-43-45-47-49-56(58)64-55(54-63-65(59,60)62-52-50-57(3,4)5)53-61-51-48-46-44-42-40-38-36-34-25-23-21-19-17-15-13-11-9-7-2/h9,11,15,17-18,20-21,23-24,26,34,36,40,42,55H,6-8,10,12-14,16,19,22,25,27-33,35,37-39,41,43-54H2,1-5H3/p+1/b11-9-,17-15-,20-18-,23-21-,26-24-,36-34-,42-40-. The Kier molecular flexibility index (Phi) is 46.4. The molecule has 0 aliphatic carbocycles. The predicted molar refractivity (Wildman–Crippen MR) is 279 cm³/mol. The number of carbonyl (C=O) groups is 1. The molecule has 376 valence electrons. The Balaban J connectivity index is 4.18. The summed E-state index contributed by atoms with van der Waals surface area (Å²) in [4.78, 5) is 23.0. The first-order chi connectivity index (χ1) is 31.6. The molecule has 0 saturated heterocycles. The molecule has 0 radical (unpaired) electrons. The van der Waals surface area contributed by atoms with Crippen molar-refractivity contribution in [2.45, 2.75) is 213 Å². The lowest BCUT2D eigenvalue weighted by molar-refractivity contribution is -0.870. The first-order valence-electron chi connectivity index (χ1n) is 26.3. The zero-order chi connectivity index (χ0) is 47.6. The average Bonchev–Trinajstić information content (AvgIpc) is 3.27. The Morgan fingerprint density at radius 2 is 0.892 bits per heavy atom. The largest absolute Gasteiger partial charge is 0.472 e. The molecule has 0 aliphatic rings. The highest BCUT2D eigenvalue weighted by atomic mass is 31.2. The fourth-order valence-corrected chi connectivity index (χ4v) is 7.65. The summed E-state index contributed by atoms with van der Waals surface area (Å²) in [5.74, 6) is -0.331. The Hall–Kier alpha value is -2.32. The molecule has 0 saturated carbocycles. The molecule has 2 atom stereocenters. The van der Waals surface area contributed by atoms with Crippen molar-refractivity contribution in [3.63, 3.8) is 0 Å². The number of rotatable bonds is 48. The third-order valence-corrected chi connectivity index (χ3v) is 11.9.